The maximum Gasteiger partial charge on any atom is 0.310 e. The van der Waals surface area contributed by atoms with Crippen LogP contribution in [0.2, 0.25) is 0 Å². The average molecular weight is 242 g/mol. The van der Waals surface area contributed by atoms with Crippen molar-refractivity contribution in [3.63, 3.8) is 0 Å². The lowest BCUT2D eigenvalue weighted by Gasteiger charge is -2.41. The number of nitrogens with zero attached hydrogens (tertiary/aromatic N) is 1. The minimum Gasteiger partial charge on any atom is -0.481 e. The van der Waals surface area contributed by atoms with Crippen LogP contribution in [0.15, 0.2) is 0 Å². The van der Waals surface area contributed by atoms with E-state index >= 15 is 0 Å². The number of carbonyl (C=O) groups is 2. The number of likely N-dealkylation sites (tertiary alicyclic amines) is 1. The molecule has 0 aromatic carbocycles. The molecule has 1 saturated heterocycles. The molecule has 0 radical (unpaired) electrons. The number of likely N-dealkylation sites (N-methyl/N-ethyl adjacent to an activating group) is 1. The Labute approximate surface area is 102 Å². The number of hydrogen-bond acceptors (Lipinski definition) is 3. The number of nitrogens with one attached hydrogen (secondary N) is 1. The molecule has 0 bridgehead atoms. The highest BCUT2D eigenvalue weighted by atomic mass is 16.4. The quantitative estimate of drug-likeness (QED) is 0.761. The number of amides is 1. The summed E-state index contributed by atoms with van der Waals surface area (Å²) in [5.74, 6) is -0.795. The number of carboxylic acids is 1. The number of piperidine rings is 1. The predicted molar refractivity (Wildman–Crippen MR) is 64.7 cm³/mol. The van der Waals surface area contributed by atoms with E-state index in [1.807, 2.05) is 18.7 Å². The van der Waals surface area contributed by atoms with Crippen molar-refractivity contribution in [2.45, 2.75) is 39.2 Å². The fraction of sp³-hybridized carbons (Fsp3) is 0.833. The molecule has 0 aliphatic carbocycles. The number of hydrogen-bond donors (Lipinski definition) is 2. The van der Waals surface area contributed by atoms with Gasteiger partial charge in [-0.1, -0.05) is 6.92 Å². The van der Waals surface area contributed by atoms with Crippen molar-refractivity contribution in [1.29, 1.82) is 0 Å². The Morgan fingerprint density at radius 3 is 2.65 bits per heavy atom. The van der Waals surface area contributed by atoms with Crippen molar-refractivity contribution >= 4 is 11.9 Å². The molecule has 1 aliphatic rings. The van der Waals surface area contributed by atoms with Crippen LogP contribution in [0, 0.1) is 5.41 Å². The number of aliphatic carboxylic acids is 1. The fourth-order valence-corrected chi connectivity index (χ4v) is 2.49. The summed E-state index contributed by atoms with van der Waals surface area (Å²) in [5, 5.41) is 12.0. The third kappa shape index (κ3) is 2.77. The van der Waals surface area contributed by atoms with Crippen LogP contribution in [-0.4, -0.2) is 48.1 Å². The zero-order valence-corrected chi connectivity index (χ0v) is 10.8. The lowest BCUT2D eigenvalue weighted by atomic mass is 9.77. The summed E-state index contributed by atoms with van der Waals surface area (Å²) in [7, 11) is 1.60. The van der Waals surface area contributed by atoms with E-state index in [4.69, 9.17) is 0 Å². The summed E-state index contributed by atoms with van der Waals surface area (Å²) >= 11 is 0. The molecule has 5 heteroatoms. The van der Waals surface area contributed by atoms with E-state index in [9.17, 15) is 14.7 Å². The van der Waals surface area contributed by atoms with Crippen LogP contribution in [0.25, 0.3) is 0 Å². The van der Waals surface area contributed by atoms with Crippen molar-refractivity contribution in [2.75, 3.05) is 20.1 Å². The summed E-state index contributed by atoms with van der Waals surface area (Å²) in [5.41, 5.74) is -0.680. The van der Waals surface area contributed by atoms with Gasteiger partial charge in [0, 0.05) is 13.6 Å². The molecule has 0 spiro atoms. The van der Waals surface area contributed by atoms with E-state index in [0.29, 0.717) is 19.4 Å². The number of rotatable bonds is 4. The second-order valence-electron chi connectivity index (χ2n) is 4.80. The van der Waals surface area contributed by atoms with Crippen molar-refractivity contribution in [3.05, 3.63) is 0 Å². The van der Waals surface area contributed by atoms with E-state index in [2.05, 4.69) is 5.32 Å². The summed E-state index contributed by atoms with van der Waals surface area (Å²) in [6.07, 6.45) is 2.15. The molecule has 17 heavy (non-hydrogen) atoms. The Hall–Kier alpha value is -1.10. The van der Waals surface area contributed by atoms with Gasteiger partial charge in [0.05, 0.1) is 11.5 Å². The van der Waals surface area contributed by atoms with E-state index in [1.54, 1.807) is 7.05 Å². The second kappa shape index (κ2) is 5.49. The van der Waals surface area contributed by atoms with Gasteiger partial charge in [-0.3, -0.25) is 14.5 Å². The molecule has 0 saturated carbocycles. The van der Waals surface area contributed by atoms with Gasteiger partial charge in [-0.15, -0.1) is 0 Å². The van der Waals surface area contributed by atoms with E-state index in [-0.39, 0.29) is 11.9 Å². The molecule has 1 aliphatic heterocycles. The zero-order chi connectivity index (χ0) is 13.1. The molecule has 2 atom stereocenters. The normalized spacial score (nSPS) is 27.5. The molecule has 0 aromatic heterocycles. The van der Waals surface area contributed by atoms with Gasteiger partial charge in [0.2, 0.25) is 5.91 Å². The molecule has 2 unspecified atom stereocenters. The smallest absolute Gasteiger partial charge is 0.310 e. The minimum atomic E-state index is -0.742. The van der Waals surface area contributed by atoms with Gasteiger partial charge >= 0.3 is 5.97 Å². The largest absolute Gasteiger partial charge is 0.481 e. The molecular weight excluding hydrogens is 220 g/mol. The van der Waals surface area contributed by atoms with Crippen LogP contribution in [0.4, 0.5) is 0 Å². The Kier molecular flexibility index (Phi) is 4.51. The first kappa shape index (κ1) is 14.0. The molecule has 1 fully saturated rings. The van der Waals surface area contributed by atoms with Crippen molar-refractivity contribution in [2.24, 2.45) is 5.41 Å². The lowest BCUT2D eigenvalue weighted by molar-refractivity contribution is -0.154. The summed E-state index contributed by atoms with van der Waals surface area (Å²) in [6.45, 7) is 4.99. The molecule has 2 N–H and O–H groups in total. The molecule has 1 amide bonds. The van der Waals surface area contributed by atoms with Gasteiger partial charge in [-0.05, 0) is 32.7 Å². The predicted octanol–water partition coefficient (Wildman–Crippen LogP) is 0.698. The molecule has 0 aromatic rings. The summed E-state index contributed by atoms with van der Waals surface area (Å²) in [6, 6.07) is -0.259. The maximum atomic E-state index is 11.6. The van der Waals surface area contributed by atoms with Gasteiger partial charge in [0.1, 0.15) is 0 Å². The Balaban J connectivity index is 2.78. The van der Waals surface area contributed by atoms with Crippen molar-refractivity contribution < 1.29 is 14.7 Å². The summed E-state index contributed by atoms with van der Waals surface area (Å²) in [4.78, 5) is 24.9. The third-order valence-corrected chi connectivity index (χ3v) is 3.91. The highest BCUT2D eigenvalue weighted by Crippen LogP contribution is 2.34. The van der Waals surface area contributed by atoms with Gasteiger partial charge in [-0.25, -0.2) is 0 Å². The summed E-state index contributed by atoms with van der Waals surface area (Å²) < 4.78 is 0. The standard InChI is InChI=1S/C12H22N2O3/c1-4-12(11(16)17)6-5-7-14(8-12)9(2)10(15)13-3/h9H,4-8H2,1-3H3,(H,13,15)(H,16,17). The zero-order valence-electron chi connectivity index (χ0n) is 10.8. The fourth-order valence-electron chi connectivity index (χ4n) is 2.49. The van der Waals surface area contributed by atoms with Gasteiger partial charge < -0.3 is 10.4 Å². The first-order valence-electron chi connectivity index (χ1n) is 6.16. The highest BCUT2D eigenvalue weighted by Gasteiger charge is 2.42. The monoisotopic (exact) mass is 242 g/mol. The van der Waals surface area contributed by atoms with Gasteiger partial charge in [0.25, 0.3) is 0 Å². The Morgan fingerprint density at radius 1 is 1.53 bits per heavy atom. The first-order valence-corrected chi connectivity index (χ1v) is 6.16. The second-order valence-corrected chi connectivity index (χ2v) is 4.80. The molecule has 1 rings (SSSR count). The minimum absolute atomic E-state index is 0.0534. The number of carbonyl (C=O) groups excluding carboxylic acids is 1. The van der Waals surface area contributed by atoms with Crippen LogP contribution in [0.1, 0.15) is 33.1 Å². The van der Waals surface area contributed by atoms with Crippen molar-refractivity contribution in [1.82, 2.24) is 10.2 Å². The maximum absolute atomic E-state index is 11.6. The molecule has 5 nitrogen and oxygen atoms in total. The van der Waals surface area contributed by atoms with Gasteiger partial charge in [-0.2, -0.15) is 0 Å². The van der Waals surface area contributed by atoms with E-state index < -0.39 is 11.4 Å². The lowest BCUT2D eigenvalue weighted by Crippen LogP contribution is -2.54. The van der Waals surface area contributed by atoms with Crippen molar-refractivity contribution in [3.8, 4) is 0 Å². The van der Waals surface area contributed by atoms with Crippen LogP contribution in [0.5, 0.6) is 0 Å². The molecule has 98 valence electrons. The first-order chi connectivity index (χ1) is 7.96. The van der Waals surface area contributed by atoms with E-state index in [1.165, 1.54) is 0 Å². The SMILES string of the molecule is CCC1(C(=O)O)CCCN(C(C)C(=O)NC)C1. The number of carboxylic acid groups (broad SMARTS) is 1. The Bertz CT molecular complexity index is 306. The van der Waals surface area contributed by atoms with Crippen LogP contribution >= 0.6 is 0 Å². The van der Waals surface area contributed by atoms with Crippen LogP contribution in [-0.2, 0) is 9.59 Å². The van der Waals surface area contributed by atoms with Gasteiger partial charge in [0.15, 0.2) is 0 Å². The molecule has 1 heterocycles. The molecular formula is C12H22N2O3. The average Bonchev–Trinajstić information content (AvgIpc) is 2.36. The van der Waals surface area contributed by atoms with E-state index in [0.717, 1.165) is 13.0 Å². The Morgan fingerprint density at radius 2 is 2.18 bits per heavy atom. The van der Waals surface area contributed by atoms with Crippen LogP contribution < -0.4 is 5.32 Å². The third-order valence-electron chi connectivity index (χ3n) is 3.91. The highest BCUT2D eigenvalue weighted by molar-refractivity contribution is 5.81. The topological polar surface area (TPSA) is 69.6 Å². The van der Waals surface area contributed by atoms with Crippen LogP contribution in [0.3, 0.4) is 0 Å².